The number of rotatable bonds is 2. The molecule has 2 rings (SSSR count). The van der Waals surface area contributed by atoms with E-state index >= 15 is 0 Å². The fourth-order valence-electron chi connectivity index (χ4n) is 2.40. The molecule has 1 aliphatic carbocycles. The van der Waals surface area contributed by atoms with Gasteiger partial charge in [0.15, 0.2) is 5.78 Å². The Labute approximate surface area is 116 Å². The number of nitrogens with one attached hydrogen (secondary N) is 2. The Bertz CT molecular complexity index is 568. The number of ether oxygens (including phenoxy) is 1. The van der Waals surface area contributed by atoms with Crippen LogP contribution in [0.2, 0.25) is 0 Å². The molecular weight excluding hydrogens is 260 g/mol. The van der Waals surface area contributed by atoms with Gasteiger partial charge in [0.05, 0.1) is 7.11 Å². The van der Waals surface area contributed by atoms with Crippen LogP contribution >= 0.6 is 0 Å². The summed E-state index contributed by atoms with van der Waals surface area (Å²) >= 11 is 0. The van der Waals surface area contributed by atoms with Gasteiger partial charge < -0.3 is 10.1 Å². The van der Waals surface area contributed by atoms with Gasteiger partial charge in [0.25, 0.3) is 0 Å². The third kappa shape index (κ3) is 2.49. The van der Waals surface area contributed by atoms with Gasteiger partial charge in [-0.2, -0.15) is 0 Å². The average molecular weight is 276 g/mol. The minimum absolute atomic E-state index is 0.209. The molecule has 0 radical (unpaired) electrons. The van der Waals surface area contributed by atoms with Crippen LogP contribution in [-0.4, -0.2) is 31.9 Å². The number of Topliss-reactive ketones (excluding diaryl/α,β-unsaturated/α-hetero) is 1. The standard InChI is InChI=1S/C14H16N2O4/c1-15-13(18)10-7-6-8-9(12(10)17)4-3-5-11(8)16-14(19)20-2/h3-5,10H,6-7H2,1-2H3,(H,15,18)(H,16,19). The molecule has 1 atom stereocenters. The molecule has 2 amide bonds. The number of benzene rings is 1. The number of ketones is 1. The summed E-state index contributed by atoms with van der Waals surface area (Å²) in [7, 11) is 2.79. The van der Waals surface area contributed by atoms with Crippen LogP contribution in [0.15, 0.2) is 18.2 Å². The van der Waals surface area contributed by atoms with Gasteiger partial charge in [-0.1, -0.05) is 12.1 Å². The monoisotopic (exact) mass is 276 g/mol. The summed E-state index contributed by atoms with van der Waals surface area (Å²) in [4.78, 5) is 35.3. The lowest BCUT2D eigenvalue weighted by atomic mass is 9.81. The van der Waals surface area contributed by atoms with Gasteiger partial charge in [-0.15, -0.1) is 0 Å². The van der Waals surface area contributed by atoms with Gasteiger partial charge >= 0.3 is 6.09 Å². The molecule has 20 heavy (non-hydrogen) atoms. The van der Waals surface area contributed by atoms with Crippen LogP contribution in [0.1, 0.15) is 22.3 Å². The summed E-state index contributed by atoms with van der Waals surface area (Å²) in [6, 6.07) is 5.06. The number of carbonyl (C=O) groups is 3. The van der Waals surface area contributed by atoms with Crippen molar-refractivity contribution in [3.8, 4) is 0 Å². The van der Waals surface area contributed by atoms with Gasteiger partial charge in [0.1, 0.15) is 5.92 Å². The molecule has 1 aromatic rings. The van der Waals surface area contributed by atoms with Crippen molar-refractivity contribution in [1.29, 1.82) is 0 Å². The maximum absolute atomic E-state index is 12.3. The second kappa shape index (κ2) is 5.73. The minimum Gasteiger partial charge on any atom is -0.453 e. The molecule has 0 aliphatic heterocycles. The molecule has 2 N–H and O–H groups in total. The van der Waals surface area contributed by atoms with Gasteiger partial charge in [-0.3, -0.25) is 14.9 Å². The van der Waals surface area contributed by atoms with Crippen molar-refractivity contribution in [2.75, 3.05) is 19.5 Å². The van der Waals surface area contributed by atoms with Crippen LogP contribution in [0.4, 0.5) is 10.5 Å². The first-order valence-electron chi connectivity index (χ1n) is 6.31. The average Bonchev–Trinajstić information content (AvgIpc) is 2.47. The highest BCUT2D eigenvalue weighted by molar-refractivity contribution is 6.12. The van der Waals surface area contributed by atoms with E-state index < -0.39 is 12.0 Å². The maximum Gasteiger partial charge on any atom is 0.411 e. The second-order valence-electron chi connectivity index (χ2n) is 4.52. The van der Waals surface area contributed by atoms with Crippen molar-refractivity contribution in [3.05, 3.63) is 29.3 Å². The highest BCUT2D eigenvalue weighted by Crippen LogP contribution is 2.31. The second-order valence-corrected chi connectivity index (χ2v) is 4.52. The van der Waals surface area contributed by atoms with Crippen LogP contribution in [-0.2, 0) is 16.0 Å². The Kier molecular flexibility index (Phi) is 4.02. The number of amides is 2. The minimum atomic E-state index is -0.652. The predicted molar refractivity (Wildman–Crippen MR) is 72.7 cm³/mol. The lowest BCUT2D eigenvalue weighted by Gasteiger charge is -2.24. The number of methoxy groups -OCH3 is 1. The van der Waals surface area contributed by atoms with E-state index in [0.717, 1.165) is 5.56 Å². The third-order valence-electron chi connectivity index (χ3n) is 3.43. The maximum atomic E-state index is 12.3. The van der Waals surface area contributed by atoms with Crippen LogP contribution in [0.25, 0.3) is 0 Å². The van der Waals surface area contributed by atoms with Crippen molar-refractivity contribution >= 4 is 23.5 Å². The van der Waals surface area contributed by atoms with Crippen LogP contribution in [0.5, 0.6) is 0 Å². The molecule has 0 fully saturated rings. The Morgan fingerprint density at radius 1 is 1.35 bits per heavy atom. The summed E-state index contributed by atoms with van der Waals surface area (Å²) in [6.45, 7) is 0. The molecule has 1 aromatic carbocycles. The van der Waals surface area contributed by atoms with Gasteiger partial charge in [-0.05, 0) is 24.5 Å². The van der Waals surface area contributed by atoms with Crippen LogP contribution in [0, 0.1) is 5.92 Å². The predicted octanol–water partition coefficient (Wildman–Crippen LogP) is 1.36. The van der Waals surface area contributed by atoms with Crippen molar-refractivity contribution in [2.45, 2.75) is 12.8 Å². The zero-order valence-corrected chi connectivity index (χ0v) is 11.4. The molecular formula is C14H16N2O4. The summed E-state index contributed by atoms with van der Waals surface area (Å²) in [5, 5.41) is 5.09. The number of hydrogen-bond donors (Lipinski definition) is 2. The molecule has 106 valence electrons. The van der Waals surface area contributed by atoms with E-state index in [-0.39, 0.29) is 11.7 Å². The smallest absolute Gasteiger partial charge is 0.411 e. The lowest BCUT2D eigenvalue weighted by molar-refractivity contribution is -0.123. The zero-order chi connectivity index (χ0) is 14.7. The largest absolute Gasteiger partial charge is 0.453 e. The number of anilines is 1. The molecule has 6 heteroatoms. The molecule has 1 unspecified atom stereocenters. The van der Waals surface area contributed by atoms with Crippen LogP contribution < -0.4 is 10.6 Å². The number of carbonyl (C=O) groups excluding carboxylic acids is 3. The first-order valence-corrected chi connectivity index (χ1v) is 6.31. The normalized spacial score (nSPS) is 17.1. The Hall–Kier alpha value is -2.37. The SMILES string of the molecule is CNC(=O)C1CCc2c(NC(=O)OC)cccc2C1=O. The highest BCUT2D eigenvalue weighted by Gasteiger charge is 2.33. The number of hydrogen-bond acceptors (Lipinski definition) is 4. The third-order valence-corrected chi connectivity index (χ3v) is 3.43. The molecule has 0 saturated carbocycles. The fourth-order valence-corrected chi connectivity index (χ4v) is 2.40. The van der Waals surface area contributed by atoms with Crippen molar-refractivity contribution in [2.24, 2.45) is 5.92 Å². The van der Waals surface area contributed by atoms with E-state index in [4.69, 9.17) is 0 Å². The molecule has 0 saturated heterocycles. The van der Waals surface area contributed by atoms with Crippen molar-refractivity contribution in [3.63, 3.8) is 0 Å². The van der Waals surface area contributed by atoms with Gasteiger partial charge in [0.2, 0.25) is 5.91 Å². The first-order chi connectivity index (χ1) is 9.58. The lowest BCUT2D eigenvalue weighted by Crippen LogP contribution is -2.36. The highest BCUT2D eigenvalue weighted by atomic mass is 16.5. The molecule has 6 nitrogen and oxygen atoms in total. The summed E-state index contributed by atoms with van der Waals surface area (Å²) < 4.78 is 4.55. The van der Waals surface area contributed by atoms with E-state index in [1.165, 1.54) is 14.2 Å². The van der Waals surface area contributed by atoms with Gasteiger partial charge in [0, 0.05) is 18.3 Å². The zero-order valence-electron chi connectivity index (χ0n) is 11.4. The molecule has 0 bridgehead atoms. The fraction of sp³-hybridized carbons (Fsp3) is 0.357. The van der Waals surface area contributed by atoms with E-state index in [1.807, 2.05) is 0 Å². The van der Waals surface area contributed by atoms with Gasteiger partial charge in [-0.25, -0.2) is 4.79 Å². The Balaban J connectivity index is 2.34. The van der Waals surface area contributed by atoms with Crippen molar-refractivity contribution in [1.82, 2.24) is 5.32 Å². The first kappa shape index (κ1) is 14.0. The topological polar surface area (TPSA) is 84.5 Å². The Morgan fingerprint density at radius 2 is 2.10 bits per heavy atom. The molecule has 1 aliphatic rings. The quantitative estimate of drug-likeness (QED) is 0.799. The van der Waals surface area contributed by atoms with Crippen molar-refractivity contribution < 1.29 is 19.1 Å². The van der Waals surface area contributed by atoms with E-state index in [0.29, 0.717) is 24.1 Å². The van der Waals surface area contributed by atoms with Crippen LogP contribution in [0.3, 0.4) is 0 Å². The van der Waals surface area contributed by atoms with E-state index in [2.05, 4.69) is 15.4 Å². The molecule has 0 spiro atoms. The van der Waals surface area contributed by atoms with E-state index in [1.54, 1.807) is 18.2 Å². The summed E-state index contributed by atoms with van der Waals surface area (Å²) in [5.74, 6) is -1.13. The molecule has 0 aromatic heterocycles. The molecule has 0 heterocycles. The summed E-state index contributed by atoms with van der Waals surface area (Å²) in [5.41, 5.74) is 1.79. The Morgan fingerprint density at radius 3 is 2.75 bits per heavy atom. The summed E-state index contributed by atoms with van der Waals surface area (Å²) in [6.07, 6.45) is 0.407. The van der Waals surface area contributed by atoms with E-state index in [9.17, 15) is 14.4 Å². The number of fused-ring (bicyclic) bond motifs is 1.